The number of primary sulfonamides is 1. The maximum absolute atomic E-state index is 12.5. The van der Waals surface area contributed by atoms with E-state index in [0.29, 0.717) is 16.9 Å². The highest BCUT2D eigenvalue weighted by molar-refractivity contribution is 7.89. The van der Waals surface area contributed by atoms with Crippen LogP contribution in [0.1, 0.15) is 31.8 Å². The van der Waals surface area contributed by atoms with Crippen LogP contribution >= 0.6 is 0 Å². The number of carbonyl (C=O) groups excluding carboxylic acids is 2. The summed E-state index contributed by atoms with van der Waals surface area (Å²) < 4.78 is 22.6. The maximum atomic E-state index is 12.5. The lowest BCUT2D eigenvalue weighted by Crippen LogP contribution is -2.15. The van der Waals surface area contributed by atoms with E-state index >= 15 is 0 Å². The third-order valence-corrected chi connectivity index (χ3v) is 5.43. The highest BCUT2D eigenvalue weighted by Crippen LogP contribution is 2.22. The predicted octanol–water partition coefficient (Wildman–Crippen LogP) is 3.46. The first-order valence-electron chi connectivity index (χ1n) is 9.06. The molecule has 0 radical (unpaired) electrons. The molecule has 0 aliphatic carbocycles. The van der Waals surface area contributed by atoms with Gasteiger partial charge in [-0.15, -0.1) is 0 Å². The number of nitrogens with two attached hydrogens (primary N) is 1. The second-order valence-electron chi connectivity index (χ2n) is 6.87. The molecular formula is C22H21N3O4S. The summed E-state index contributed by atoms with van der Waals surface area (Å²) in [5.74, 6) is -0.671. The number of sulfonamides is 1. The van der Waals surface area contributed by atoms with Gasteiger partial charge in [0.1, 0.15) is 0 Å². The van der Waals surface area contributed by atoms with Crippen molar-refractivity contribution in [1.82, 2.24) is 0 Å². The molecule has 3 rings (SSSR count). The first-order valence-corrected chi connectivity index (χ1v) is 10.6. The van der Waals surface area contributed by atoms with Gasteiger partial charge in [-0.1, -0.05) is 23.8 Å². The van der Waals surface area contributed by atoms with Gasteiger partial charge in [0.15, 0.2) is 0 Å². The van der Waals surface area contributed by atoms with Gasteiger partial charge >= 0.3 is 0 Å². The van der Waals surface area contributed by atoms with Crippen molar-refractivity contribution in [3.63, 3.8) is 0 Å². The van der Waals surface area contributed by atoms with Crippen LogP contribution in [0.5, 0.6) is 0 Å². The molecule has 3 aromatic carbocycles. The Hall–Kier alpha value is -3.49. The number of rotatable bonds is 5. The molecule has 0 spiro atoms. The number of hydrogen-bond donors (Lipinski definition) is 3. The van der Waals surface area contributed by atoms with Gasteiger partial charge < -0.3 is 10.6 Å². The highest BCUT2D eigenvalue weighted by Gasteiger charge is 2.12. The van der Waals surface area contributed by atoms with E-state index in [0.717, 1.165) is 11.1 Å². The molecular weight excluding hydrogens is 402 g/mol. The Morgan fingerprint density at radius 2 is 1.30 bits per heavy atom. The van der Waals surface area contributed by atoms with Crippen LogP contribution in [-0.4, -0.2) is 20.2 Å². The number of hydrogen-bond acceptors (Lipinski definition) is 4. The first-order chi connectivity index (χ1) is 14.1. The normalized spacial score (nSPS) is 11.0. The van der Waals surface area contributed by atoms with Gasteiger partial charge in [0.2, 0.25) is 10.0 Å². The van der Waals surface area contributed by atoms with E-state index in [1.54, 1.807) is 30.3 Å². The molecule has 0 atom stereocenters. The van der Waals surface area contributed by atoms with Crippen LogP contribution in [0.4, 0.5) is 11.4 Å². The Morgan fingerprint density at radius 1 is 0.767 bits per heavy atom. The molecule has 8 heteroatoms. The molecule has 0 aliphatic heterocycles. The Balaban J connectivity index is 1.75. The molecule has 0 heterocycles. The van der Waals surface area contributed by atoms with E-state index in [-0.39, 0.29) is 16.4 Å². The van der Waals surface area contributed by atoms with Crippen molar-refractivity contribution in [2.45, 2.75) is 18.7 Å². The van der Waals surface area contributed by atoms with Crippen molar-refractivity contribution in [3.05, 3.63) is 89.0 Å². The van der Waals surface area contributed by atoms with E-state index in [4.69, 9.17) is 5.14 Å². The third kappa shape index (κ3) is 5.11. The summed E-state index contributed by atoms with van der Waals surface area (Å²) >= 11 is 0. The minimum atomic E-state index is -3.82. The summed E-state index contributed by atoms with van der Waals surface area (Å²) in [5.41, 5.74) is 3.76. The van der Waals surface area contributed by atoms with Gasteiger partial charge in [-0.3, -0.25) is 9.59 Å². The van der Waals surface area contributed by atoms with Crippen LogP contribution in [-0.2, 0) is 10.0 Å². The highest BCUT2D eigenvalue weighted by atomic mass is 32.2. The number of amides is 2. The van der Waals surface area contributed by atoms with Crippen molar-refractivity contribution < 1.29 is 18.0 Å². The molecule has 154 valence electrons. The second kappa shape index (κ2) is 8.48. The number of aryl methyl sites for hydroxylation is 2. The Bertz CT molecular complexity index is 1200. The van der Waals surface area contributed by atoms with Gasteiger partial charge in [-0.05, 0) is 67.9 Å². The van der Waals surface area contributed by atoms with E-state index in [9.17, 15) is 18.0 Å². The van der Waals surface area contributed by atoms with Crippen LogP contribution in [0.3, 0.4) is 0 Å². The molecule has 3 aromatic rings. The second-order valence-corrected chi connectivity index (χ2v) is 8.43. The molecule has 0 saturated heterocycles. The fraction of sp³-hybridized carbons (Fsp3) is 0.0909. The van der Waals surface area contributed by atoms with Crippen LogP contribution in [0.25, 0.3) is 0 Å². The largest absolute Gasteiger partial charge is 0.322 e. The SMILES string of the molecule is Cc1ccc(C(=O)Nc2cc(NC(=O)c3ccc(S(N)(=O)=O)cc3)ccc2C)cc1. The fourth-order valence-corrected chi connectivity index (χ4v) is 3.25. The minimum Gasteiger partial charge on any atom is -0.322 e. The van der Waals surface area contributed by atoms with E-state index in [1.807, 2.05) is 26.0 Å². The van der Waals surface area contributed by atoms with E-state index in [1.165, 1.54) is 24.3 Å². The fourth-order valence-electron chi connectivity index (χ4n) is 2.73. The lowest BCUT2D eigenvalue weighted by molar-refractivity contribution is 0.101. The summed E-state index contributed by atoms with van der Waals surface area (Å²) in [4.78, 5) is 24.9. The van der Waals surface area contributed by atoms with Gasteiger partial charge in [0, 0.05) is 22.5 Å². The van der Waals surface area contributed by atoms with Gasteiger partial charge in [-0.25, -0.2) is 13.6 Å². The zero-order valence-corrected chi connectivity index (χ0v) is 17.3. The molecule has 0 unspecified atom stereocenters. The number of benzene rings is 3. The van der Waals surface area contributed by atoms with Crippen LogP contribution in [0, 0.1) is 13.8 Å². The topological polar surface area (TPSA) is 118 Å². The lowest BCUT2D eigenvalue weighted by atomic mass is 10.1. The standard InChI is InChI=1S/C22H21N3O4S/c1-14-3-6-16(7-4-14)22(27)25-20-13-18(10-5-15(20)2)24-21(26)17-8-11-19(12-9-17)30(23,28)29/h3-13H,1-2H3,(H,24,26)(H,25,27)(H2,23,28,29). The molecule has 0 fully saturated rings. The number of nitrogens with one attached hydrogen (secondary N) is 2. The molecule has 4 N–H and O–H groups in total. The van der Waals surface area contributed by atoms with Crippen molar-refractivity contribution in [1.29, 1.82) is 0 Å². The summed E-state index contributed by atoms with van der Waals surface area (Å²) in [6.07, 6.45) is 0. The quantitative estimate of drug-likeness (QED) is 0.582. The van der Waals surface area contributed by atoms with E-state index < -0.39 is 15.9 Å². The van der Waals surface area contributed by atoms with Crippen LogP contribution < -0.4 is 15.8 Å². The lowest BCUT2D eigenvalue weighted by Gasteiger charge is -2.12. The van der Waals surface area contributed by atoms with Crippen LogP contribution in [0.15, 0.2) is 71.6 Å². The molecule has 30 heavy (non-hydrogen) atoms. The molecule has 2 amide bonds. The first kappa shape index (κ1) is 21.2. The zero-order chi connectivity index (χ0) is 21.9. The number of anilines is 2. The maximum Gasteiger partial charge on any atom is 0.255 e. The molecule has 0 saturated carbocycles. The molecule has 7 nitrogen and oxygen atoms in total. The van der Waals surface area contributed by atoms with Crippen molar-refractivity contribution >= 4 is 33.2 Å². The summed E-state index contributed by atoms with van der Waals surface area (Å²) in [7, 11) is -3.82. The van der Waals surface area contributed by atoms with Gasteiger partial charge in [0.25, 0.3) is 11.8 Å². The Kier molecular flexibility index (Phi) is 6.00. The smallest absolute Gasteiger partial charge is 0.255 e. The zero-order valence-electron chi connectivity index (χ0n) is 16.5. The molecule has 0 bridgehead atoms. The van der Waals surface area contributed by atoms with Gasteiger partial charge in [-0.2, -0.15) is 0 Å². The van der Waals surface area contributed by atoms with Crippen molar-refractivity contribution in [3.8, 4) is 0 Å². The average Bonchev–Trinajstić information content (AvgIpc) is 2.70. The minimum absolute atomic E-state index is 0.0736. The summed E-state index contributed by atoms with van der Waals surface area (Å²) in [6, 6.07) is 17.7. The summed E-state index contributed by atoms with van der Waals surface area (Å²) in [6.45, 7) is 3.79. The van der Waals surface area contributed by atoms with Crippen molar-refractivity contribution in [2.75, 3.05) is 10.6 Å². The predicted molar refractivity (Wildman–Crippen MR) is 116 cm³/mol. The van der Waals surface area contributed by atoms with E-state index in [2.05, 4.69) is 10.6 Å². The van der Waals surface area contributed by atoms with Crippen LogP contribution in [0.2, 0.25) is 0 Å². The summed E-state index contributed by atoms with van der Waals surface area (Å²) in [5, 5.41) is 10.6. The van der Waals surface area contributed by atoms with Gasteiger partial charge in [0.05, 0.1) is 4.90 Å². The molecule has 0 aliphatic rings. The van der Waals surface area contributed by atoms with Crippen molar-refractivity contribution in [2.24, 2.45) is 5.14 Å². The average molecular weight is 423 g/mol. The monoisotopic (exact) mass is 423 g/mol. The Morgan fingerprint density at radius 3 is 1.87 bits per heavy atom. The molecule has 0 aromatic heterocycles. The third-order valence-electron chi connectivity index (χ3n) is 4.50. The number of carbonyl (C=O) groups is 2. The Labute approximate surface area is 175 Å².